The SMILES string of the molecule is CC(C)c1ccccc1NCC(=O)NC(=O)Nc1ccccc1. The van der Waals surface area contributed by atoms with Crippen LogP contribution in [0, 0.1) is 0 Å². The molecule has 5 nitrogen and oxygen atoms in total. The van der Waals surface area contributed by atoms with Crippen LogP contribution in [-0.4, -0.2) is 18.5 Å². The van der Waals surface area contributed by atoms with Crippen molar-refractivity contribution in [3.8, 4) is 0 Å². The average molecular weight is 311 g/mol. The van der Waals surface area contributed by atoms with Gasteiger partial charge >= 0.3 is 6.03 Å². The van der Waals surface area contributed by atoms with Crippen molar-refractivity contribution in [3.63, 3.8) is 0 Å². The number of carbonyl (C=O) groups is 2. The highest BCUT2D eigenvalue weighted by Gasteiger charge is 2.10. The fourth-order valence-corrected chi connectivity index (χ4v) is 2.19. The molecule has 0 aliphatic rings. The molecule has 3 N–H and O–H groups in total. The van der Waals surface area contributed by atoms with Crippen LogP contribution in [0.2, 0.25) is 0 Å². The first kappa shape index (κ1) is 16.5. The van der Waals surface area contributed by atoms with Gasteiger partial charge in [0.1, 0.15) is 0 Å². The van der Waals surface area contributed by atoms with Gasteiger partial charge in [-0.2, -0.15) is 0 Å². The second kappa shape index (κ2) is 7.98. The molecule has 23 heavy (non-hydrogen) atoms. The number of urea groups is 1. The van der Waals surface area contributed by atoms with Gasteiger partial charge in [0.05, 0.1) is 6.54 Å². The van der Waals surface area contributed by atoms with Crippen LogP contribution < -0.4 is 16.0 Å². The van der Waals surface area contributed by atoms with Crippen LogP contribution in [0.5, 0.6) is 0 Å². The van der Waals surface area contributed by atoms with Gasteiger partial charge in [0.25, 0.3) is 0 Å². The van der Waals surface area contributed by atoms with Crippen molar-refractivity contribution in [2.24, 2.45) is 0 Å². The quantitative estimate of drug-likeness (QED) is 0.790. The van der Waals surface area contributed by atoms with E-state index in [-0.39, 0.29) is 6.54 Å². The summed E-state index contributed by atoms with van der Waals surface area (Å²) in [5, 5.41) is 7.97. The lowest BCUT2D eigenvalue weighted by Gasteiger charge is -2.14. The fourth-order valence-electron chi connectivity index (χ4n) is 2.19. The van der Waals surface area contributed by atoms with Crippen LogP contribution in [0.15, 0.2) is 54.6 Å². The zero-order valence-electron chi connectivity index (χ0n) is 13.3. The summed E-state index contributed by atoms with van der Waals surface area (Å²) in [7, 11) is 0. The smallest absolute Gasteiger partial charge is 0.325 e. The molecule has 0 saturated heterocycles. The minimum atomic E-state index is -0.542. The van der Waals surface area contributed by atoms with Gasteiger partial charge in [0.2, 0.25) is 5.91 Å². The lowest BCUT2D eigenvalue weighted by Crippen LogP contribution is -2.38. The Bertz CT molecular complexity index is 669. The standard InChI is InChI=1S/C18H21N3O2/c1-13(2)15-10-6-7-11-16(15)19-12-17(22)21-18(23)20-14-8-4-3-5-9-14/h3-11,13,19H,12H2,1-2H3,(H2,20,21,22,23). The third-order valence-corrected chi connectivity index (χ3v) is 3.31. The highest BCUT2D eigenvalue weighted by atomic mass is 16.2. The van der Waals surface area contributed by atoms with Gasteiger partial charge in [-0.05, 0) is 29.7 Å². The number of anilines is 2. The number of benzene rings is 2. The second-order valence-corrected chi connectivity index (χ2v) is 5.46. The van der Waals surface area contributed by atoms with E-state index in [1.54, 1.807) is 12.1 Å². The fraction of sp³-hybridized carbons (Fsp3) is 0.222. The van der Waals surface area contributed by atoms with Crippen LogP contribution in [0.25, 0.3) is 0 Å². The molecule has 0 atom stereocenters. The van der Waals surface area contributed by atoms with E-state index < -0.39 is 11.9 Å². The van der Waals surface area contributed by atoms with E-state index in [1.807, 2.05) is 42.5 Å². The Morgan fingerprint density at radius 3 is 2.30 bits per heavy atom. The Morgan fingerprint density at radius 2 is 1.61 bits per heavy atom. The summed E-state index contributed by atoms with van der Waals surface area (Å²) >= 11 is 0. The Hall–Kier alpha value is -2.82. The van der Waals surface area contributed by atoms with Crippen LogP contribution in [0.3, 0.4) is 0 Å². The van der Waals surface area contributed by atoms with Crippen molar-refractivity contribution >= 4 is 23.3 Å². The zero-order chi connectivity index (χ0) is 16.7. The molecule has 0 saturated carbocycles. The molecule has 2 rings (SSSR count). The predicted octanol–water partition coefficient (Wildman–Crippen LogP) is 3.57. The van der Waals surface area contributed by atoms with Crippen molar-refractivity contribution in [2.75, 3.05) is 17.2 Å². The Morgan fingerprint density at radius 1 is 0.957 bits per heavy atom. The minimum Gasteiger partial charge on any atom is -0.376 e. The number of imide groups is 1. The lowest BCUT2D eigenvalue weighted by atomic mass is 10.0. The van der Waals surface area contributed by atoms with Crippen molar-refractivity contribution in [2.45, 2.75) is 19.8 Å². The Labute approximate surface area is 136 Å². The largest absolute Gasteiger partial charge is 0.376 e. The molecule has 0 spiro atoms. The highest BCUT2D eigenvalue weighted by molar-refractivity contribution is 6.02. The maximum Gasteiger partial charge on any atom is 0.325 e. The van der Waals surface area contributed by atoms with E-state index in [0.717, 1.165) is 11.3 Å². The topological polar surface area (TPSA) is 70.2 Å². The van der Waals surface area contributed by atoms with E-state index in [0.29, 0.717) is 11.6 Å². The minimum absolute atomic E-state index is 0.0337. The van der Waals surface area contributed by atoms with Gasteiger partial charge in [0.15, 0.2) is 0 Å². The number of carbonyl (C=O) groups excluding carboxylic acids is 2. The number of para-hydroxylation sites is 2. The molecule has 0 unspecified atom stereocenters. The van der Waals surface area contributed by atoms with E-state index >= 15 is 0 Å². The summed E-state index contributed by atoms with van der Waals surface area (Å²) in [6.07, 6.45) is 0. The molecule has 120 valence electrons. The predicted molar refractivity (Wildman–Crippen MR) is 92.6 cm³/mol. The normalized spacial score (nSPS) is 10.2. The van der Waals surface area contributed by atoms with Gasteiger partial charge < -0.3 is 10.6 Å². The van der Waals surface area contributed by atoms with Crippen molar-refractivity contribution < 1.29 is 9.59 Å². The Kier molecular flexibility index (Phi) is 5.74. The number of hydrogen-bond acceptors (Lipinski definition) is 3. The molecule has 2 aromatic rings. The molecule has 0 fully saturated rings. The summed E-state index contributed by atoms with van der Waals surface area (Å²) in [6, 6.07) is 16.2. The van der Waals surface area contributed by atoms with E-state index in [9.17, 15) is 9.59 Å². The molecular weight excluding hydrogens is 290 g/mol. The summed E-state index contributed by atoms with van der Waals surface area (Å²) in [5.74, 6) is -0.0415. The number of nitrogens with one attached hydrogen (secondary N) is 3. The van der Waals surface area contributed by atoms with Gasteiger partial charge in [-0.1, -0.05) is 50.2 Å². The number of rotatable bonds is 5. The molecule has 0 aliphatic carbocycles. The molecule has 0 bridgehead atoms. The molecule has 2 aromatic carbocycles. The summed E-state index contributed by atoms with van der Waals surface area (Å²) in [5.41, 5.74) is 2.67. The third-order valence-electron chi connectivity index (χ3n) is 3.31. The van der Waals surface area contributed by atoms with Crippen LogP contribution >= 0.6 is 0 Å². The first-order valence-corrected chi connectivity index (χ1v) is 7.55. The monoisotopic (exact) mass is 311 g/mol. The average Bonchev–Trinajstić information content (AvgIpc) is 2.54. The van der Waals surface area contributed by atoms with Gasteiger partial charge in [0, 0.05) is 11.4 Å². The maximum atomic E-state index is 11.9. The van der Waals surface area contributed by atoms with E-state index in [1.165, 1.54) is 0 Å². The molecule has 0 aliphatic heterocycles. The molecule has 0 heterocycles. The lowest BCUT2D eigenvalue weighted by molar-refractivity contribution is -0.118. The van der Waals surface area contributed by atoms with Crippen molar-refractivity contribution in [1.29, 1.82) is 0 Å². The molecular formula is C18H21N3O2. The number of amides is 3. The first-order chi connectivity index (χ1) is 11.1. The second-order valence-electron chi connectivity index (χ2n) is 5.46. The van der Waals surface area contributed by atoms with Crippen molar-refractivity contribution in [1.82, 2.24) is 5.32 Å². The van der Waals surface area contributed by atoms with E-state index in [4.69, 9.17) is 0 Å². The molecule has 5 heteroatoms. The Balaban J connectivity index is 1.85. The zero-order valence-corrected chi connectivity index (χ0v) is 13.3. The molecule has 0 radical (unpaired) electrons. The summed E-state index contributed by atoms with van der Waals surface area (Å²) < 4.78 is 0. The van der Waals surface area contributed by atoms with E-state index in [2.05, 4.69) is 29.8 Å². The van der Waals surface area contributed by atoms with Crippen molar-refractivity contribution in [3.05, 3.63) is 60.2 Å². The summed E-state index contributed by atoms with van der Waals surface area (Å²) in [4.78, 5) is 23.6. The molecule has 3 amide bonds. The third kappa shape index (κ3) is 5.14. The molecule has 0 aromatic heterocycles. The van der Waals surface area contributed by atoms with Gasteiger partial charge in [-0.3, -0.25) is 10.1 Å². The van der Waals surface area contributed by atoms with Crippen LogP contribution in [0.1, 0.15) is 25.3 Å². The first-order valence-electron chi connectivity index (χ1n) is 7.55. The summed E-state index contributed by atoms with van der Waals surface area (Å²) in [6.45, 7) is 4.22. The van der Waals surface area contributed by atoms with Gasteiger partial charge in [-0.25, -0.2) is 4.79 Å². The maximum absolute atomic E-state index is 11.9. The van der Waals surface area contributed by atoms with Gasteiger partial charge in [-0.15, -0.1) is 0 Å². The number of hydrogen-bond donors (Lipinski definition) is 3. The van der Waals surface area contributed by atoms with Crippen LogP contribution in [-0.2, 0) is 4.79 Å². The highest BCUT2D eigenvalue weighted by Crippen LogP contribution is 2.23. The van der Waals surface area contributed by atoms with Crippen LogP contribution in [0.4, 0.5) is 16.2 Å².